The van der Waals surface area contributed by atoms with E-state index in [9.17, 15) is 13.2 Å². The minimum absolute atomic E-state index is 0.134. The van der Waals surface area contributed by atoms with Gasteiger partial charge >= 0.3 is 0 Å². The van der Waals surface area contributed by atoms with Gasteiger partial charge in [0, 0.05) is 29.5 Å². The fourth-order valence-corrected chi connectivity index (χ4v) is 5.05. The van der Waals surface area contributed by atoms with Gasteiger partial charge < -0.3 is 4.57 Å². The molecule has 7 heteroatoms. The molecule has 2 aliphatic carbocycles. The first-order valence-electron chi connectivity index (χ1n) is 11.3. The quantitative estimate of drug-likeness (QED) is 0.672. The molecule has 6 nitrogen and oxygen atoms in total. The van der Waals surface area contributed by atoms with E-state index in [1.54, 1.807) is 16.8 Å². The van der Waals surface area contributed by atoms with Crippen molar-refractivity contribution in [1.82, 2.24) is 14.5 Å². The number of hydrogen-bond acceptors (Lipinski definition) is 5. The van der Waals surface area contributed by atoms with E-state index >= 15 is 0 Å². The standard InChI is InChI=1S/C24H33N3O3S/c1-24(2,3)23-25-14-18-21(26-23)19(16-8-6-5-7-9-16)15-27(22(18)28)20(17-10-11-17)12-13-31(4,29)30/h12-17,20H,5-11H2,1-4H3/b13-12+/t20-/m1/s1. The highest BCUT2D eigenvalue weighted by Gasteiger charge is 2.33. The van der Waals surface area contributed by atoms with Gasteiger partial charge in [-0.1, -0.05) is 46.1 Å². The van der Waals surface area contributed by atoms with Crippen LogP contribution in [-0.2, 0) is 15.3 Å². The van der Waals surface area contributed by atoms with Crippen LogP contribution in [0.3, 0.4) is 0 Å². The summed E-state index contributed by atoms with van der Waals surface area (Å²) in [4.78, 5) is 22.9. The van der Waals surface area contributed by atoms with Crippen LogP contribution in [0.15, 0.2) is 28.7 Å². The molecule has 0 aliphatic heterocycles. The number of fused-ring (bicyclic) bond motifs is 1. The highest BCUT2D eigenvalue weighted by molar-refractivity contribution is 7.93. The lowest BCUT2D eigenvalue weighted by atomic mass is 9.83. The normalized spacial score (nSPS) is 19.9. The van der Waals surface area contributed by atoms with Crippen LogP contribution in [0.25, 0.3) is 10.9 Å². The lowest BCUT2D eigenvalue weighted by Gasteiger charge is -2.26. The second kappa shape index (κ2) is 8.15. The molecule has 31 heavy (non-hydrogen) atoms. The van der Waals surface area contributed by atoms with Gasteiger partial charge in [-0.25, -0.2) is 18.4 Å². The molecule has 0 N–H and O–H groups in total. The number of nitrogens with zero attached hydrogens (tertiary/aromatic N) is 3. The fourth-order valence-electron chi connectivity index (χ4n) is 4.60. The van der Waals surface area contributed by atoms with E-state index in [1.807, 2.05) is 6.20 Å². The molecule has 0 bridgehead atoms. The first-order chi connectivity index (χ1) is 14.5. The summed E-state index contributed by atoms with van der Waals surface area (Å²) in [5, 5.41) is 1.78. The Kier molecular flexibility index (Phi) is 5.83. The van der Waals surface area contributed by atoms with Crippen molar-refractivity contribution >= 4 is 20.7 Å². The number of sulfone groups is 1. The molecular weight excluding hydrogens is 410 g/mol. The maximum absolute atomic E-state index is 13.5. The number of rotatable bonds is 5. The second-order valence-electron chi connectivity index (χ2n) is 10.3. The molecule has 0 radical (unpaired) electrons. The van der Waals surface area contributed by atoms with Crippen LogP contribution in [0.5, 0.6) is 0 Å². The van der Waals surface area contributed by atoms with E-state index in [-0.39, 0.29) is 17.0 Å². The molecule has 2 aromatic heterocycles. The zero-order valence-corrected chi connectivity index (χ0v) is 19.8. The third kappa shape index (κ3) is 4.92. The van der Waals surface area contributed by atoms with Crippen LogP contribution in [0.2, 0.25) is 0 Å². The van der Waals surface area contributed by atoms with Gasteiger partial charge in [0.15, 0.2) is 9.84 Å². The summed E-state index contributed by atoms with van der Waals surface area (Å²) in [5.41, 5.74) is 1.54. The van der Waals surface area contributed by atoms with Gasteiger partial charge in [-0.05, 0) is 43.1 Å². The van der Waals surface area contributed by atoms with Gasteiger partial charge in [0.1, 0.15) is 5.82 Å². The third-order valence-corrected chi connectivity index (χ3v) is 7.12. The average molecular weight is 444 g/mol. The Morgan fingerprint density at radius 3 is 2.39 bits per heavy atom. The van der Waals surface area contributed by atoms with Crippen molar-refractivity contribution in [2.75, 3.05) is 6.26 Å². The lowest BCUT2D eigenvalue weighted by molar-refractivity contribution is 0.439. The van der Waals surface area contributed by atoms with E-state index in [0.717, 1.165) is 42.6 Å². The van der Waals surface area contributed by atoms with Crippen molar-refractivity contribution in [3.05, 3.63) is 45.6 Å². The zero-order valence-electron chi connectivity index (χ0n) is 19.0. The summed E-state index contributed by atoms with van der Waals surface area (Å²) in [6.45, 7) is 6.23. The van der Waals surface area contributed by atoms with E-state index in [4.69, 9.17) is 4.98 Å². The molecule has 0 aromatic carbocycles. The van der Waals surface area contributed by atoms with E-state index in [2.05, 4.69) is 25.8 Å². The minimum atomic E-state index is -3.26. The molecule has 2 fully saturated rings. The van der Waals surface area contributed by atoms with Crippen LogP contribution in [-0.4, -0.2) is 29.2 Å². The van der Waals surface area contributed by atoms with Crippen molar-refractivity contribution < 1.29 is 8.42 Å². The Morgan fingerprint density at radius 1 is 1.13 bits per heavy atom. The largest absolute Gasteiger partial charge is 0.307 e. The van der Waals surface area contributed by atoms with E-state index < -0.39 is 9.84 Å². The topological polar surface area (TPSA) is 81.9 Å². The number of hydrogen-bond donors (Lipinski definition) is 0. The van der Waals surface area contributed by atoms with Crippen molar-refractivity contribution in [3.63, 3.8) is 0 Å². The molecule has 1 atom stereocenters. The van der Waals surface area contributed by atoms with Crippen LogP contribution < -0.4 is 5.56 Å². The highest BCUT2D eigenvalue weighted by atomic mass is 32.2. The SMILES string of the molecule is CC(C)(C)c1ncc2c(=O)n([C@H](/C=C/S(C)(=O)=O)C3CC3)cc(C3CCCCC3)c2n1. The van der Waals surface area contributed by atoms with Crippen molar-refractivity contribution in [3.8, 4) is 0 Å². The Morgan fingerprint density at radius 2 is 1.81 bits per heavy atom. The molecule has 168 valence electrons. The van der Waals surface area contributed by atoms with Gasteiger partial charge in [0.2, 0.25) is 0 Å². The third-order valence-electron chi connectivity index (χ3n) is 6.47. The molecule has 2 aromatic rings. The molecule has 2 saturated carbocycles. The van der Waals surface area contributed by atoms with E-state index in [0.29, 0.717) is 17.2 Å². The summed E-state index contributed by atoms with van der Waals surface area (Å²) < 4.78 is 25.3. The van der Waals surface area contributed by atoms with Crippen molar-refractivity contribution in [2.45, 2.75) is 83.1 Å². The molecule has 0 spiro atoms. The highest BCUT2D eigenvalue weighted by Crippen LogP contribution is 2.42. The van der Waals surface area contributed by atoms with Gasteiger partial charge in [-0.15, -0.1) is 0 Å². The first-order valence-corrected chi connectivity index (χ1v) is 13.3. The maximum atomic E-state index is 13.5. The van der Waals surface area contributed by atoms with Gasteiger partial charge in [-0.2, -0.15) is 0 Å². The minimum Gasteiger partial charge on any atom is -0.307 e. The summed E-state index contributed by atoms with van der Waals surface area (Å²) in [6, 6.07) is -0.253. The van der Waals surface area contributed by atoms with Gasteiger partial charge in [0.05, 0.1) is 16.9 Å². The van der Waals surface area contributed by atoms with Crippen molar-refractivity contribution in [2.24, 2.45) is 5.92 Å². The van der Waals surface area contributed by atoms with Crippen LogP contribution in [0, 0.1) is 5.92 Å². The second-order valence-corrected chi connectivity index (χ2v) is 12.3. The molecule has 0 saturated heterocycles. The van der Waals surface area contributed by atoms with Gasteiger partial charge in [0.25, 0.3) is 5.56 Å². The summed E-state index contributed by atoms with van der Waals surface area (Å²) in [5.74, 6) is 1.40. The Balaban J connectivity index is 1.93. The first kappa shape index (κ1) is 22.2. The number of allylic oxidation sites excluding steroid dienone is 1. The molecule has 2 heterocycles. The Hall–Kier alpha value is -2.02. The van der Waals surface area contributed by atoms with Crippen molar-refractivity contribution in [1.29, 1.82) is 0 Å². The number of aromatic nitrogens is 3. The molecular formula is C24H33N3O3S. The summed E-state index contributed by atoms with van der Waals surface area (Å²) >= 11 is 0. The monoisotopic (exact) mass is 443 g/mol. The zero-order chi connectivity index (χ0) is 22.4. The lowest BCUT2D eigenvalue weighted by Crippen LogP contribution is -2.28. The van der Waals surface area contributed by atoms with Gasteiger partial charge in [-0.3, -0.25) is 4.79 Å². The summed E-state index contributed by atoms with van der Waals surface area (Å²) in [7, 11) is -3.26. The maximum Gasteiger partial charge on any atom is 0.262 e. The Labute approximate surface area is 184 Å². The van der Waals surface area contributed by atoms with Crippen LogP contribution >= 0.6 is 0 Å². The van der Waals surface area contributed by atoms with E-state index in [1.165, 1.54) is 30.9 Å². The molecule has 2 aliphatic rings. The fraction of sp³-hybridized carbons (Fsp3) is 0.625. The van der Waals surface area contributed by atoms with Crippen LogP contribution in [0.1, 0.15) is 89.1 Å². The molecule has 0 amide bonds. The molecule has 0 unspecified atom stereocenters. The smallest absolute Gasteiger partial charge is 0.262 e. The number of pyridine rings is 1. The predicted molar refractivity (Wildman–Crippen MR) is 124 cm³/mol. The Bertz CT molecular complexity index is 1160. The molecule has 4 rings (SSSR count). The summed E-state index contributed by atoms with van der Waals surface area (Å²) in [6.07, 6.45) is 14.3. The predicted octanol–water partition coefficient (Wildman–Crippen LogP) is 4.65. The van der Waals surface area contributed by atoms with Crippen LogP contribution in [0.4, 0.5) is 0 Å². The average Bonchev–Trinajstić information content (AvgIpc) is 3.53.